The predicted molar refractivity (Wildman–Crippen MR) is 98.2 cm³/mol. The monoisotopic (exact) mass is 338 g/mol. The van der Waals surface area contributed by atoms with Gasteiger partial charge in [0, 0.05) is 21.0 Å². The van der Waals surface area contributed by atoms with Crippen LogP contribution in [0, 0.1) is 0 Å². The van der Waals surface area contributed by atoms with Crippen molar-refractivity contribution in [1.29, 1.82) is 0 Å². The molecule has 0 fully saturated rings. The number of halogens is 1. The molecule has 0 bridgehead atoms. The van der Waals surface area contributed by atoms with Crippen molar-refractivity contribution in [3.8, 4) is 0 Å². The standard InChI is InChI=1S/C20H15ClOS/c21-17-7-5-13(6-8-17)15-9-16(11-18(22)10-15)20-12-14-3-1-2-4-19(14)23-20/h1-8,11-12,15H,9-10H2/t15-/m1/s1. The largest absolute Gasteiger partial charge is 0.295 e. The number of hydrogen-bond acceptors (Lipinski definition) is 2. The average Bonchev–Trinajstić information content (AvgIpc) is 2.99. The van der Waals surface area contributed by atoms with Gasteiger partial charge < -0.3 is 0 Å². The van der Waals surface area contributed by atoms with E-state index in [1.165, 1.54) is 20.5 Å². The van der Waals surface area contributed by atoms with Crippen LogP contribution in [-0.4, -0.2) is 5.78 Å². The number of ketones is 1. The molecule has 1 atom stereocenters. The molecule has 23 heavy (non-hydrogen) atoms. The topological polar surface area (TPSA) is 17.1 Å². The van der Waals surface area contributed by atoms with Crippen LogP contribution >= 0.6 is 22.9 Å². The van der Waals surface area contributed by atoms with Gasteiger partial charge in [-0.15, -0.1) is 11.3 Å². The van der Waals surface area contributed by atoms with Crippen LogP contribution in [0.15, 0.2) is 60.7 Å². The number of allylic oxidation sites excluding steroid dienone is 2. The van der Waals surface area contributed by atoms with Gasteiger partial charge in [-0.25, -0.2) is 0 Å². The maximum Gasteiger partial charge on any atom is 0.156 e. The van der Waals surface area contributed by atoms with E-state index in [-0.39, 0.29) is 11.7 Å². The first-order valence-electron chi connectivity index (χ1n) is 7.67. The zero-order chi connectivity index (χ0) is 15.8. The first kappa shape index (κ1) is 14.7. The molecular formula is C20H15ClOS. The van der Waals surface area contributed by atoms with Gasteiger partial charge in [0.1, 0.15) is 0 Å². The Labute approximate surface area is 144 Å². The van der Waals surface area contributed by atoms with Gasteiger partial charge in [-0.3, -0.25) is 4.79 Å². The number of carbonyl (C=O) groups is 1. The van der Waals surface area contributed by atoms with Crippen LogP contribution in [0.25, 0.3) is 15.7 Å². The van der Waals surface area contributed by atoms with Crippen molar-refractivity contribution >= 4 is 44.4 Å². The van der Waals surface area contributed by atoms with E-state index in [9.17, 15) is 4.79 Å². The Hall–Kier alpha value is -1.90. The molecule has 3 aromatic rings. The van der Waals surface area contributed by atoms with Gasteiger partial charge in [0.15, 0.2) is 5.78 Å². The maximum absolute atomic E-state index is 12.2. The molecule has 0 saturated heterocycles. The summed E-state index contributed by atoms with van der Waals surface area (Å²) in [6, 6.07) is 18.4. The summed E-state index contributed by atoms with van der Waals surface area (Å²) in [4.78, 5) is 13.4. The van der Waals surface area contributed by atoms with Gasteiger partial charge in [0.25, 0.3) is 0 Å². The zero-order valence-corrected chi connectivity index (χ0v) is 14.0. The Bertz CT molecular complexity index is 872. The van der Waals surface area contributed by atoms with Crippen molar-refractivity contribution in [3.05, 3.63) is 76.1 Å². The van der Waals surface area contributed by atoms with E-state index < -0.39 is 0 Å². The molecule has 0 amide bonds. The average molecular weight is 339 g/mol. The second-order valence-electron chi connectivity index (χ2n) is 5.94. The van der Waals surface area contributed by atoms with Gasteiger partial charge in [-0.2, -0.15) is 0 Å². The minimum Gasteiger partial charge on any atom is -0.295 e. The van der Waals surface area contributed by atoms with Crippen LogP contribution in [0.5, 0.6) is 0 Å². The molecule has 0 N–H and O–H groups in total. The molecule has 0 aliphatic heterocycles. The first-order valence-corrected chi connectivity index (χ1v) is 8.86. The van der Waals surface area contributed by atoms with Crippen molar-refractivity contribution < 1.29 is 4.79 Å². The lowest BCUT2D eigenvalue weighted by molar-refractivity contribution is -0.115. The molecule has 1 nitrogen and oxygen atoms in total. The highest BCUT2D eigenvalue weighted by atomic mass is 35.5. The molecule has 1 aliphatic carbocycles. The van der Waals surface area contributed by atoms with Crippen LogP contribution < -0.4 is 0 Å². The van der Waals surface area contributed by atoms with Gasteiger partial charge in [-0.05, 0) is 59.2 Å². The number of fused-ring (bicyclic) bond motifs is 1. The summed E-state index contributed by atoms with van der Waals surface area (Å²) in [6.45, 7) is 0. The highest BCUT2D eigenvalue weighted by Gasteiger charge is 2.23. The van der Waals surface area contributed by atoms with Gasteiger partial charge in [-0.1, -0.05) is 41.9 Å². The Morgan fingerprint density at radius 1 is 1.00 bits per heavy atom. The van der Waals surface area contributed by atoms with Crippen LogP contribution in [0.4, 0.5) is 0 Å². The van der Waals surface area contributed by atoms with E-state index in [0.717, 1.165) is 17.0 Å². The summed E-state index contributed by atoms with van der Waals surface area (Å²) in [7, 11) is 0. The van der Waals surface area contributed by atoms with Crippen molar-refractivity contribution in [3.63, 3.8) is 0 Å². The fourth-order valence-electron chi connectivity index (χ4n) is 3.18. The number of carbonyl (C=O) groups excluding carboxylic acids is 1. The smallest absolute Gasteiger partial charge is 0.156 e. The van der Waals surface area contributed by atoms with Crippen molar-refractivity contribution in [2.24, 2.45) is 0 Å². The Balaban J connectivity index is 1.68. The lowest BCUT2D eigenvalue weighted by Gasteiger charge is -2.22. The summed E-state index contributed by atoms with van der Waals surface area (Å²) in [5.74, 6) is 0.452. The fourth-order valence-corrected chi connectivity index (χ4v) is 4.39. The quantitative estimate of drug-likeness (QED) is 0.553. The van der Waals surface area contributed by atoms with Crippen molar-refractivity contribution in [1.82, 2.24) is 0 Å². The van der Waals surface area contributed by atoms with Crippen LogP contribution in [0.3, 0.4) is 0 Å². The molecular weight excluding hydrogens is 324 g/mol. The minimum absolute atomic E-state index is 0.212. The number of benzene rings is 2. The van der Waals surface area contributed by atoms with Crippen molar-refractivity contribution in [2.45, 2.75) is 18.8 Å². The lowest BCUT2D eigenvalue weighted by atomic mass is 9.83. The molecule has 3 heteroatoms. The summed E-state index contributed by atoms with van der Waals surface area (Å²) in [6.07, 6.45) is 3.31. The number of hydrogen-bond donors (Lipinski definition) is 0. The molecule has 1 aromatic heterocycles. The number of thiophene rings is 1. The zero-order valence-electron chi connectivity index (χ0n) is 12.5. The second-order valence-corrected chi connectivity index (χ2v) is 7.46. The highest BCUT2D eigenvalue weighted by Crippen LogP contribution is 2.40. The Morgan fingerprint density at radius 2 is 1.78 bits per heavy atom. The fraction of sp³-hybridized carbons (Fsp3) is 0.150. The van der Waals surface area contributed by atoms with Crippen molar-refractivity contribution in [2.75, 3.05) is 0 Å². The summed E-state index contributed by atoms with van der Waals surface area (Å²) >= 11 is 7.74. The van der Waals surface area contributed by atoms with E-state index in [1.54, 1.807) is 11.3 Å². The SMILES string of the molecule is O=C1C=C(c2cc3ccccc3s2)C[C@@H](c2ccc(Cl)cc2)C1. The van der Waals surface area contributed by atoms with Crippen LogP contribution in [-0.2, 0) is 4.79 Å². The molecule has 4 rings (SSSR count). The van der Waals surface area contributed by atoms with E-state index in [2.05, 4.69) is 30.3 Å². The second kappa shape index (κ2) is 5.95. The lowest BCUT2D eigenvalue weighted by Crippen LogP contribution is -2.11. The van der Waals surface area contributed by atoms with E-state index in [4.69, 9.17) is 11.6 Å². The normalized spacial score (nSPS) is 18.2. The Morgan fingerprint density at radius 3 is 2.57 bits per heavy atom. The van der Waals surface area contributed by atoms with E-state index in [0.29, 0.717) is 6.42 Å². The highest BCUT2D eigenvalue weighted by molar-refractivity contribution is 7.20. The van der Waals surface area contributed by atoms with E-state index in [1.807, 2.05) is 30.3 Å². The molecule has 1 aliphatic rings. The van der Waals surface area contributed by atoms with Gasteiger partial charge in [0.2, 0.25) is 0 Å². The van der Waals surface area contributed by atoms with Crippen LogP contribution in [0.2, 0.25) is 5.02 Å². The molecule has 0 spiro atoms. The van der Waals surface area contributed by atoms with E-state index >= 15 is 0 Å². The Kier molecular flexibility index (Phi) is 3.80. The third-order valence-electron chi connectivity index (χ3n) is 4.33. The molecule has 0 saturated carbocycles. The summed E-state index contributed by atoms with van der Waals surface area (Å²) < 4.78 is 1.27. The van der Waals surface area contributed by atoms with Gasteiger partial charge in [0.05, 0.1) is 0 Å². The minimum atomic E-state index is 0.212. The van der Waals surface area contributed by atoms with Gasteiger partial charge >= 0.3 is 0 Å². The summed E-state index contributed by atoms with van der Waals surface area (Å²) in [5, 5.41) is 1.98. The third kappa shape index (κ3) is 2.97. The molecule has 2 aromatic carbocycles. The summed E-state index contributed by atoms with van der Waals surface area (Å²) in [5.41, 5.74) is 2.34. The third-order valence-corrected chi connectivity index (χ3v) is 5.78. The first-order chi connectivity index (χ1) is 11.2. The number of rotatable bonds is 2. The predicted octanol–water partition coefficient (Wildman–Crippen LogP) is 6.08. The maximum atomic E-state index is 12.2. The molecule has 1 heterocycles. The van der Waals surface area contributed by atoms with Crippen LogP contribution in [0.1, 0.15) is 29.2 Å². The molecule has 114 valence electrons. The molecule has 0 unspecified atom stereocenters. The molecule has 0 radical (unpaired) electrons.